The minimum atomic E-state index is 0.410. The lowest BCUT2D eigenvalue weighted by Crippen LogP contribution is -2.00. The van der Waals surface area contributed by atoms with E-state index in [4.69, 9.17) is 5.84 Å². The summed E-state index contributed by atoms with van der Waals surface area (Å²) < 4.78 is 0. The van der Waals surface area contributed by atoms with Crippen LogP contribution in [0.15, 0.2) is 46.6 Å². The first kappa shape index (κ1) is 13.6. The number of aromatic amines is 1. The summed E-state index contributed by atoms with van der Waals surface area (Å²) in [6.07, 6.45) is 4.30. The van der Waals surface area contributed by atoms with Gasteiger partial charge in [-0.15, -0.1) is 0 Å². The van der Waals surface area contributed by atoms with Gasteiger partial charge in [0.15, 0.2) is 5.84 Å². The van der Waals surface area contributed by atoms with Crippen LogP contribution in [0, 0.1) is 0 Å². The van der Waals surface area contributed by atoms with Crippen LogP contribution >= 0.6 is 0 Å². The third-order valence-electron chi connectivity index (χ3n) is 4.14. The molecular weight excluding hydrogens is 288 g/mol. The van der Waals surface area contributed by atoms with E-state index in [1.165, 1.54) is 12.8 Å². The highest BCUT2D eigenvalue weighted by molar-refractivity contribution is 6.05. The fourth-order valence-electron chi connectivity index (χ4n) is 2.78. The van der Waals surface area contributed by atoms with Crippen LogP contribution in [-0.4, -0.2) is 27.7 Å². The molecule has 0 unspecified atom stereocenters. The van der Waals surface area contributed by atoms with Crippen LogP contribution in [-0.2, 0) is 0 Å². The average molecular weight is 304 g/mol. The number of fused-ring (bicyclic) bond motifs is 1. The van der Waals surface area contributed by atoms with Crippen molar-refractivity contribution in [2.45, 2.75) is 18.8 Å². The second-order valence-corrected chi connectivity index (χ2v) is 5.69. The number of aromatic nitrogens is 3. The molecule has 1 aliphatic carbocycles. The monoisotopic (exact) mass is 304 g/mol. The maximum atomic E-state index is 5.37. The third-order valence-corrected chi connectivity index (χ3v) is 4.14. The van der Waals surface area contributed by atoms with Crippen molar-refractivity contribution in [3.8, 4) is 11.3 Å². The van der Waals surface area contributed by atoms with E-state index in [0.29, 0.717) is 11.8 Å². The number of hydrogen-bond acceptors (Lipinski definition) is 4. The Kier molecular flexibility index (Phi) is 3.15. The molecule has 1 fully saturated rings. The SMILES string of the molecule is C=N/C(=N\N)c1ccc2[nH]nc(-c3ccnc(C4CC4)c3)c2c1. The van der Waals surface area contributed by atoms with E-state index >= 15 is 0 Å². The number of hydrazone groups is 1. The van der Waals surface area contributed by atoms with E-state index in [1.807, 2.05) is 30.5 Å². The molecule has 3 aromatic rings. The van der Waals surface area contributed by atoms with Crippen LogP contribution in [0.3, 0.4) is 0 Å². The molecule has 23 heavy (non-hydrogen) atoms. The molecule has 0 amide bonds. The molecule has 0 aliphatic heterocycles. The Labute approximate surface area is 133 Å². The molecule has 6 heteroatoms. The van der Waals surface area contributed by atoms with E-state index in [-0.39, 0.29) is 0 Å². The summed E-state index contributed by atoms with van der Waals surface area (Å²) in [5, 5.41) is 12.2. The normalized spacial score (nSPS) is 15.0. The summed E-state index contributed by atoms with van der Waals surface area (Å²) >= 11 is 0. The number of nitrogens with two attached hydrogens (primary N) is 1. The molecule has 1 aliphatic rings. The molecule has 0 bridgehead atoms. The Morgan fingerprint density at radius 3 is 2.87 bits per heavy atom. The number of nitrogens with zero attached hydrogens (tertiary/aromatic N) is 4. The maximum Gasteiger partial charge on any atom is 0.178 e. The minimum Gasteiger partial charge on any atom is -0.321 e. The topological polar surface area (TPSA) is 92.3 Å². The van der Waals surface area contributed by atoms with Crippen molar-refractivity contribution in [3.05, 3.63) is 47.8 Å². The van der Waals surface area contributed by atoms with Crippen molar-refractivity contribution < 1.29 is 0 Å². The highest BCUT2D eigenvalue weighted by Gasteiger charge is 2.25. The number of amidine groups is 1. The predicted octanol–water partition coefficient (Wildman–Crippen LogP) is 2.82. The van der Waals surface area contributed by atoms with E-state index in [1.54, 1.807) is 0 Å². The van der Waals surface area contributed by atoms with Crippen molar-refractivity contribution in [1.82, 2.24) is 15.2 Å². The van der Waals surface area contributed by atoms with Crippen LogP contribution in [0.2, 0.25) is 0 Å². The van der Waals surface area contributed by atoms with Gasteiger partial charge in [0, 0.05) is 34.3 Å². The average Bonchev–Trinajstić information content (AvgIpc) is 3.36. The lowest BCUT2D eigenvalue weighted by Gasteiger charge is -2.03. The second kappa shape index (κ2) is 5.31. The Balaban J connectivity index is 1.85. The Hall–Kier alpha value is -3.02. The molecule has 4 rings (SSSR count). The zero-order valence-electron chi connectivity index (χ0n) is 12.5. The predicted molar refractivity (Wildman–Crippen MR) is 91.6 cm³/mol. The second-order valence-electron chi connectivity index (χ2n) is 5.69. The van der Waals surface area contributed by atoms with Gasteiger partial charge in [-0.1, -0.05) is 0 Å². The summed E-state index contributed by atoms with van der Waals surface area (Å²) in [4.78, 5) is 8.32. The molecule has 0 saturated heterocycles. The van der Waals surface area contributed by atoms with Gasteiger partial charge >= 0.3 is 0 Å². The van der Waals surface area contributed by atoms with Crippen molar-refractivity contribution >= 4 is 23.5 Å². The lowest BCUT2D eigenvalue weighted by atomic mass is 10.0. The van der Waals surface area contributed by atoms with Crippen LogP contribution in [0.5, 0.6) is 0 Å². The zero-order valence-corrected chi connectivity index (χ0v) is 12.5. The molecule has 0 radical (unpaired) electrons. The largest absolute Gasteiger partial charge is 0.321 e. The first-order valence-corrected chi connectivity index (χ1v) is 7.49. The highest BCUT2D eigenvalue weighted by Crippen LogP contribution is 2.40. The van der Waals surface area contributed by atoms with Gasteiger partial charge in [0.25, 0.3) is 0 Å². The van der Waals surface area contributed by atoms with Crippen molar-refractivity contribution in [2.75, 3.05) is 0 Å². The molecule has 1 aromatic carbocycles. The van der Waals surface area contributed by atoms with E-state index in [2.05, 4.69) is 38.1 Å². The van der Waals surface area contributed by atoms with Crippen molar-refractivity contribution in [3.63, 3.8) is 0 Å². The minimum absolute atomic E-state index is 0.410. The van der Waals surface area contributed by atoms with Gasteiger partial charge in [0.2, 0.25) is 0 Å². The van der Waals surface area contributed by atoms with Crippen molar-refractivity contribution in [2.24, 2.45) is 15.9 Å². The molecule has 2 heterocycles. The summed E-state index contributed by atoms with van der Waals surface area (Å²) in [6, 6.07) is 9.93. The van der Waals surface area contributed by atoms with E-state index in [9.17, 15) is 0 Å². The quantitative estimate of drug-likeness (QED) is 0.337. The van der Waals surface area contributed by atoms with Crippen LogP contribution < -0.4 is 5.84 Å². The highest BCUT2D eigenvalue weighted by atomic mass is 15.2. The first-order chi connectivity index (χ1) is 11.3. The summed E-state index contributed by atoms with van der Waals surface area (Å²) in [7, 11) is 0. The molecule has 114 valence electrons. The van der Waals surface area contributed by atoms with Crippen LogP contribution in [0.25, 0.3) is 22.2 Å². The molecule has 0 atom stereocenters. The van der Waals surface area contributed by atoms with Crippen LogP contribution in [0.4, 0.5) is 0 Å². The van der Waals surface area contributed by atoms with Gasteiger partial charge in [-0.25, -0.2) is 4.99 Å². The molecule has 1 saturated carbocycles. The Bertz CT molecular complexity index is 920. The van der Waals surface area contributed by atoms with Gasteiger partial charge in [-0.2, -0.15) is 10.2 Å². The summed E-state index contributed by atoms with van der Waals surface area (Å²) in [5.74, 6) is 6.38. The van der Waals surface area contributed by atoms with Crippen LogP contribution in [0.1, 0.15) is 30.0 Å². The van der Waals surface area contributed by atoms with E-state index in [0.717, 1.165) is 33.4 Å². The number of nitrogens with one attached hydrogen (secondary N) is 1. The zero-order chi connectivity index (χ0) is 15.8. The molecule has 2 aromatic heterocycles. The standard InChI is InChI=1S/C17H16N6/c1-19-17(21-18)12-4-5-14-13(8-12)16(23-22-14)11-6-7-20-15(9-11)10-2-3-10/h4-10H,1-3,18H2,(H,22,23)/b21-17-. The van der Waals surface area contributed by atoms with Gasteiger partial charge in [0.05, 0.1) is 5.52 Å². The van der Waals surface area contributed by atoms with Crippen molar-refractivity contribution in [1.29, 1.82) is 0 Å². The Morgan fingerprint density at radius 2 is 2.13 bits per heavy atom. The van der Waals surface area contributed by atoms with Gasteiger partial charge < -0.3 is 5.84 Å². The smallest absolute Gasteiger partial charge is 0.178 e. The van der Waals surface area contributed by atoms with E-state index < -0.39 is 0 Å². The molecule has 0 spiro atoms. The number of pyridine rings is 1. The number of benzene rings is 1. The first-order valence-electron chi connectivity index (χ1n) is 7.49. The number of aliphatic imine (C=N–C) groups is 1. The fraction of sp³-hybridized carbons (Fsp3) is 0.176. The van der Waals surface area contributed by atoms with Gasteiger partial charge in [-0.3, -0.25) is 10.1 Å². The Morgan fingerprint density at radius 1 is 1.26 bits per heavy atom. The fourth-order valence-corrected chi connectivity index (χ4v) is 2.78. The number of H-pyrrole nitrogens is 1. The maximum absolute atomic E-state index is 5.37. The number of hydrogen-bond donors (Lipinski definition) is 2. The summed E-state index contributed by atoms with van der Waals surface area (Å²) in [6.45, 7) is 3.50. The summed E-state index contributed by atoms with van der Waals surface area (Å²) in [5.41, 5.74) is 4.87. The van der Waals surface area contributed by atoms with Gasteiger partial charge in [0.1, 0.15) is 5.69 Å². The molecule has 3 N–H and O–H groups in total. The lowest BCUT2D eigenvalue weighted by molar-refractivity contribution is 1.02. The number of rotatable bonds is 3. The van der Waals surface area contributed by atoms with Gasteiger partial charge in [-0.05, 0) is 49.9 Å². The molecular formula is C17H16N6. The third kappa shape index (κ3) is 2.38. The molecule has 6 nitrogen and oxygen atoms in total.